The lowest BCUT2D eigenvalue weighted by Gasteiger charge is -2.34. The van der Waals surface area contributed by atoms with Gasteiger partial charge in [0.1, 0.15) is 5.01 Å². The second kappa shape index (κ2) is 11.0. The van der Waals surface area contributed by atoms with Gasteiger partial charge in [0, 0.05) is 38.3 Å². The maximum absolute atomic E-state index is 12.5. The maximum atomic E-state index is 12.5. The summed E-state index contributed by atoms with van der Waals surface area (Å²) in [7, 11) is 0. The third-order valence-electron chi connectivity index (χ3n) is 6.61. The van der Waals surface area contributed by atoms with Gasteiger partial charge in [0.2, 0.25) is 10.9 Å². The minimum atomic E-state index is -0.226. The summed E-state index contributed by atoms with van der Waals surface area (Å²) in [5.41, 5.74) is 1.99. The monoisotopic (exact) mass is 455 g/mol. The van der Waals surface area contributed by atoms with E-state index in [2.05, 4.69) is 27.3 Å². The molecular weight excluding hydrogens is 422 g/mol. The third-order valence-corrected chi connectivity index (χ3v) is 7.51. The number of anilines is 1. The Morgan fingerprint density at radius 3 is 2.47 bits per heavy atom. The molecule has 1 N–H and O–H groups in total. The predicted octanol–water partition coefficient (Wildman–Crippen LogP) is 3.97. The number of hydrogen-bond acceptors (Lipinski definition) is 6. The molecule has 0 radical (unpaired) electrons. The summed E-state index contributed by atoms with van der Waals surface area (Å²) in [5, 5.41) is 12.4. The summed E-state index contributed by atoms with van der Waals surface area (Å²) in [5.74, 6) is 0.841. The van der Waals surface area contributed by atoms with Gasteiger partial charge in [0.05, 0.1) is 6.54 Å². The van der Waals surface area contributed by atoms with Crippen LogP contribution in [0.3, 0.4) is 0 Å². The minimum Gasteiger partial charge on any atom is -0.340 e. The number of piperazine rings is 1. The van der Waals surface area contributed by atoms with Gasteiger partial charge in [-0.05, 0) is 36.5 Å². The predicted molar refractivity (Wildman–Crippen MR) is 127 cm³/mol. The van der Waals surface area contributed by atoms with E-state index >= 15 is 0 Å². The molecule has 32 heavy (non-hydrogen) atoms. The van der Waals surface area contributed by atoms with Crippen LogP contribution in [0.15, 0.2) is 24.3 Å². The van der Waals surface area contributed by atoms with Crippen molar-refractivity contribution in [2.24, 2.45) is 5.92 Å². The zero-order chi connectivity index (χ0) is 22.3. The summed E-state index contributed by atoms with van der Waals surface area (Å²) in [4.78, 5) is 29.3. The lowest BCUT2D eigenvalue weighted by molar-refractivity contribution is -0.133. The molecule has 8 heteroatoms. The highest BCUT2D eigenvalue weighted by atomic mass is 32.1. The van der Waals surface area contributed by atoms with Gasteiger partial charge < -0.3 is 10.2 Å². The van der Waals surface area contributed by atoms with Crippen LogP contribution < -0.4 is 5.32 Å². The van der Waals surface area contributed by atoms with Crippen LogP contribution in [0, 0.1) is 5.92 Å². The number of nitrogens with zero attached hydrogens (tertiary/aromatic N) is 4. The summed E-state index contributed by atoms with van der Waals surface area (Å²) in [6, 6.07) is 7.85. The average Bonchev–Trinajstić information content (AvgIpc) is 3.51. The molecule has 2 aromatic rings. The molecule has 0 atom stereocenters. The van der Waals surface area contributed by atoms with Crippen molar-refractivity contribution in [2.45, 2.75) is 58.4 Å². The highest BCUT2D eigenvalue weighted by Gasteiger charge is 2.24. The van der Waals surface area contributed by atoms with Crippen molar-refractivity contribution >= 4 is 28.8 Å². The molecule has 4 rings (SSSR count). The van der Waals surface area contributed by atoms with E-state index in [4.69, 9.17) is 0 Å². The first kappa shape index (κ1) is 22.9. The number of nitrogens with one attached hydrogen (secondary N) is 1. The van der Waals surface area contributed by atoms with E-state index in [-0.39, 0.29) is 5.91 Å². The van der Waals surface area contributed by atoms with Crippen LogP contribution in [0.25, 0.3) is 0 Å². The molecule has 1 aromatic carbocycles. The normalized spacial score (nSPS) is 17.6. The van der Waals surface area contributed by atoms with Gasteiger partial charge in [0.15, 0.2) is 0 Å². The summed E-state index contributed by atoms with van der Waals surface area (Å²) in [6.45, 7) is 5.97. The average molecular weight is 456 g/mol. The van der Waals surface area contributed by atoms with Crippen LogP contribution in [0.4, 0.5) is 5.69 Å². The molecule has 1 aliphatic heterocycles. The van der Waals surface area contributed by atoms with Crippen LogP contribution in [0.1, 0.15) is 65.8 Å². The minimum absolute atomic E-state index is 0.226. The number of rotatable bonds is 8. The van der Waals surface area contributed by atoms with Gasteiger partial charge in [0.25, 0.3) is 5.91 Å². The Hall–Kier alpha value is -2.32. The van der Waals surface area contributed by atoms with E-state index in [1.807, 2.05) is 29.2 Å². The van der Waals surface area contributed by atoms with E-state index in [0.29, 0.717) is 23.9 Å². The number of aryl methyl sites for hydroxylation is 1. The van der Waals surface area contributed by atoms with Crippen LogP contribution in [0.2, 0.25) is 0 Å². The molecule has 2 amide bonds. The molecular formula is C24H33N5O2S. The first-order valence-corrected chi connectivity index (χ1v) is 12.6. The summed E-state index contributed by atoms with van der Waals surface area (Å²) < 4.78 is 0. The van der Waals surface area contributed by atoms with Crippen molar-refractivity contribution in [3.8, 4) is 0 Å². The fourth-order valence-electron chi connectivity index (χ4n) is 4.55. The van der Waals surface area contributed by atoms with Crippen molar-refractivity contribution in [3.05, 3.63) is 39.8 Å². The van der Waals surface area contributed by atoms with Crippen molar-refractivity contribution in [1.82, 2.24) is 20.0 Å². The SMILES string of the molecule is CCc1ccc(NC(=O)c2nnc(CN3CCN(C(=O)CCC4CCCC4)CC3)s2)cc1. The fourth-order valence-corrected chi connectivity index (χ4v) is 5.33. The Morgan fingerprint density at radius 1 is 1.06 bits per heavy atom. The fraction of sp³-hybridized carbons (Fsp3) is 0.583. The molecule has 7 nitrogen and oxygen atoms in total. The Morgan fingerprint density at radius 2 is 1.78 bits per heavy atom. The van der Waals surface area contributed by atoms with E-state index in [1.54, 1.807) is 0 Å². The molecule has 1 aromatic heterocycles. The van der Waals surface area contributed by atoms with Gasteiger partial charge in [-0.25, -0.2) is 0 Å². The summed E-state index contributed by atoms with van der Waals surface area (Å²) >= 11 is 1.33. The topological polar surface area (TPSA) is 78.4 Å². The van der Waals surface area contributed by atoms with Gasteiger partial charge in [-0.1, -0.05) is 56.1 Å². The van der Waals surface area contributed by atoms with Gasteiger partial charge in [-0.15, -0.1) is 10.2 Å². The molecule has 1 saturated heterocycles. The lowest BCUT2D eigenvalue weighted by Crippen LogP contribution is -2.48. The van der Waals surface area contributed by atoms with Crippen molar-refractivity contribution in [3.63, 3.8) is 0 Å². The van der Waals surface area contributed by atoms with Crippen LogP contribution in [-0.4, -0.2) is 58.0 Å². The van der Waals surface area contributed by atoms with Gasteiger partial charge in [-0.2, -0.15) is 0 Å². The van der Waals surface area contributed by atoms with E-state index < -0.39 is 0 Å². The second-order valence-electron chi connectivity index (χ2n) is 8.85. The van der Waals surface area contributed by atoms with Crippen molar-refractivity contribution in [1.29, 1.82) is 0 Å². The molecule has 2 aliphatic rings. The summed E-state index contributed by atoms with van der Waals surface area (Å²) in [6.07, 6.45) is 7.98. The second-order valence-corrected chi connectivity index (χ2v) is 9.91. The maximum Gasteiger partial charge on any atom is 0.286 e. The van der Waals surface area contributed by atoms with Crippen molar-refractivity contribution in [2.75, 3.05) is 31.5 Å². The molecule has 172 valence electrons. The quantitative estimate of drug-likeness (QED) is 0.652. The van der Waals surface area contributed by atoms with Crippen LogP contribution in [-0.2, 0) is 17.8 Å². The number of carbonyl (C=O) groups is 2. The number of benzene rings is 1. The lowest BCUT2D eigenvalue weighted by atomic mass is 10.0. The number of hydrogen-bond donors (Lipinski definition) is 1. The largest absolute Gasteiger partial charge is 0.340 e. The van der Waals surface area contributed by atoms with Crippen molar-refractivity contribution < 1.29 is 9.59 Å². The molecule has 1 saturated carbocycles. The van der Waals surface area contributed by atoms with Crippen LogP contribution in [0.5, 0.6) is 0 Å². The zero-order valence-corrected chi connectivity index (χ0v) is 19.7. The molecule has 2 fully saturated rings. The Bertz CT molecular complexity index is 899. The molecule has 2 heterocycles. The van der Waals surface area contributed by atoms with E-state index in [9.17, 15) is 9.59 Å². The Kier molecular flexibility index (Phi) is 7.86. The van der Waals surface area contributed by atoms with Gasteiger partial charge >= 0.3 is 0 Å². The highest BCUT2D eigenvalue weighted by molar-refractivity contribution is 7.13. The Balaban J connectivity index is 1.20. The van der Waals surface area contributed by atoms with Gasteiger partial charge in [-0.3, -0.25) is 14.5 Å². The number of aromatic nitrogens is 2. The first-order valence-electron chi connectivity index (χ1n) is 11.8. The zero-order valence-electron chi connectivity index (χ0n) is 18.9. The molecule has 0 spiro atoms. The molecule has 0 unspecified atom stereocenters. The molecule has 1 aliphatic carbocycles. The smallest absolute Gasteiger partial charge is 0.286 e. The van der Waals surface area contributed by atoms with E-state index in [1.165, 1.54) is 42.6 Å². The number of amides is 2. The molecule has 0 bridgehead atoms. The standard InChI is InChI=1S/C24H33N5O2S/c1-2-18-7-10-20(11-8-18)25-23(31)24-27-26-21(32-24)17-28-13-15-29(16-14-28)22(30)12-9-19-5-3-4-6-19/h7-8,10-11,19H,2-6,9,12-17H2,1H3,(H,25,31). The van der Waals surface area contributed by atoms with Crippen LogP contribution >= 0.6 is 11.3 Å². The number of carbonyl (C=O) groups excluding carboxylic acids is 2. The highest BCUT2D eigenvalue weighted by Crippen LogP contribution is 2.28. The Labute approximate surface area is 194 Å². The first-order chi connectivity index (χ1) is 15.6. The van der Waals surface area contributed by atoms with E-state index in [0.717, 1.165) is 55.6 Å². The third kappa shape index (κ3) is 6.13.